The van der Waals surface area contributed by atoms with E-state index in [2.05, 4.69) is 26.6 Å². The number of carbonyl (C=O) groups is 5. The molecule has 14 heteroatoms. The van der Waals surface area contributed by atoms with Crippen LogP contribution in [0.25, 0.3) is 16.0 Å². The van der Waals surface area contributed by atoms with E-state index in [1.54, 1.807) is 7.05 Å². The third-order valence-electron chi connectivity index (χ3n) is 4.00. The van der Waals surface area contributed by atoms with Gasteiger partial charge in [-0.25, -0.2) is 0 Å². The maximum atomic E-state index is 12.2. The van der Waals surface area contributed by atoms with Crippen molar-refractivity contribution in [3.05, 3.63) is 16.0 Å². The molecule has 0 radical (unpaired) electrons. The van der Waals surface area contributed by atoms with Crippen LogP contribution in [0.4, 0.5) is 0 Å². The molecule has 0 aliphatic heterocycles. The first-order valence-electron chi connectivity index (χ1n) is 9.71. The number of hydrogen-bond acceptors (Lipinski definition) is 9. The molecule has 0 spiro atoms. The van der Waals surface area contributed by atoms with Crippen molar-refractivity contribution in [3.63, 3.8) is 0 Å². The van der Waals surface area contributed by atoms with E-state index in [1.165, 1.54) is 0 Å². The molecule has 0 bridgehead atoms. The van der Waals surface area contributed by atoms with Crippen molar-refractivity contribution in [2.75, 3.05) is 45.5 Å². The van der Waals surface area contributed by atoms with E-state index < -0.39 is 42.8 Å². The molecule has 3 unspecified atom stereocenters. The van der Waals surface area contributed by atoms with Crippen molar-refractivity contribution < 1.29 is 46.3 Å². The first-order chi connectivity index (χ1) is 15.3. The first kappa shape index (κ1) is 32.4. The van der Waals surface area contributed by atoms with Crippen molar-refractivity contribution in [3.8, 4) is 0 Å². The normalized spacial score (nSPS) is 12.8. The number of amides is 4. The molecule has 3 atom stereocenters. The van der Waals surface area contributed by atoms with Crippen LogP contribution in [-0.2, 0) is 59.0 Å². The van der Waals surface area contributed by atoms with Gasteiger partial charge >= 0.3 is 22.4 Å². The minimum absolute atomic E-state index is 0.00180. The van der Waals surface area contributed by atoms with Crippen LogP contribution in [0, 0.1) is 11.8 Å². The molecule has 181 valence electrons. The zero-order valence-corrected chi connectivity index (χ0v) is 20.8. The van der Waals surface area contributed by atoms with E-state index in [1.807, 2.05) is 6.92 Å². The second kappa shape index (κ2) is 21.1. The minimum atomic E-state index is -1.08. The Balaban J connectivity index is 0. The maximum absolute atomic E-state index is 12.2. The van der Waals surface area contributed by atoms with Gasteiger partial charge in [0.25, 0.3) is 0 Å². The first-order valence-corrected chi connectivity index (χ1v) is 11.0. The van der Waals surface area contributed by atoms with Gasteiger partial charge in [-0.1, -0.05) is 26.1 Å². The second-order valence-corrected chi connectivity index (χ2v) is 7.08. The Morgan fingerprint density at radius 2 is 1.69 bits per heavy atom. The van der Waals surface area contributed by atoms with Crippen LogP contribution >= 0.6 is 0 Å². The summed E-state index contributed by atoms with van der Waals surface area (Å²) in [6, 6.07) is -1.08. The molecule has 32 heavy (non-hydrogen) atoms. The molecule has 4 N–H and O–H groups in total. The van der Waals surface area contributed by atoms with Gasteiger partial charge in [-0.2, -0.15) is 5.75 Å². The molecule has 0 saturated carbocycles. The van der Waals surface area contributed by atoms with Crippen molar-refractivity contribution in [2.45, 2.75) is 25.8 Å². The van der Waals surface area contributed by atoms with E-state index in [4.69, 9.17) is 21.9 Å². The summed E-state index contributed by atoms with van der Waals surface area (Å²) >= 11 is 5.79. The SMILES string of the molecule is CNCC(=O)[N-]CC(=O)[N-]CC(=O)[N-]C(C[S-])C(=O)NCC(CN)CC(C)CC=O.[O]=[Tc+4]. The van der Waals surface area contributed by atoms with Gasteiger partial charge in [-0.05, 0) is 31.8 Å². The van der Waals surface area contributed by atoms with Gasteiger partial charge in [0.2, 0.25) is 5.91 Å². The Morgan fingerprint density at radius 3 is 2.22 bits per heavy atom. The molecule has 0 aromatic rings. The van der Waals surface area contributed by atoms with Crippen LogP contribution in [0.2, 0.25) is 0 Å². The van der Waals surface area contributed by atoms with E-state index in [9.17, 15) is 24.0 Å². The molecule has 0 rings (SSSR count). The fourth-order valence-electron chi connectivity index (χ4n) is 2.41. The zero-order chi connectivity index (χ0) is 24.9. The summed E-state index contributed by atoms with van der Waals surface area (Å²) in [5.74, 6) is -2.52. The molecular weight excluding hydrogens is 526 g/mol. The molecule has 0 aromatic heterocycles. The molecule has 12 nitrogen and oxygen atoms in total. The number of nitrogens with zero attached hydrogens (tertiary/aromatic N) is 3. The summed E-state index contributed by atoms with van der Waals surface area (Å²) in [7, 11) is 1.57. The zero-order valence-electron chi connectivity index (χ0n) is 18.1. The summed E-state index contributed by atoms with van der Waals surface area (Å²) in [4.78, 5) is 57.4. The number of rotatable bonds is 16. The molecule has 0 aliphatic carbocycles. The Morgan fingerprint density at radius 1 is 1.09 bits per heavy atom. The second-order valence-electron chi connectivity index (χ2n) is 6.75. The molecule has 0 aromatic carbocycles. The molecule has 4 amide bonds. The van der Waals surface area contributed by atoms with E-state index in [0.717, 1.165) is 25.1 Å². The quantitative estimate of drug-likeness (QED) is 0.158. The molecule has 0 fully saturated rings. The summed E-state index contributed by atoms with van der Waals surface area (Å²) < 4.78 is 8.22. The topological polar surface area (TPSA) is 195 Å². The average Bonchev–Trinajstić information content (AvgIpc) is 2.78. The fraction of sp³-hybridized carbons (Fsp3) is 0.722. The van der Waals surface area contributed by atoms with Crippen LogP contribution in [0.3, 0.4) is 0 Å². The van der Waals surface area contributed by atoms with E-state index >= 15 is 0 Å². The number of aldehydes is 1. The Bertz CT molecular complexity index is 600. The average molecular weight is 557 g/mol. The van der Waals surface area contributed by atoms with Crippen LogP contribution in [0.15, 0.2) is 0 Å². The van der Waals surface area contributed by atoms with Crippen molar-refractivity contribution >= 4 is 42.5 Å². The number of nitrogens with two attached hydrogens (primary N) is 1. The Hall–Kier alpha value is -1.73. The van der Waals surface area contributed by atoms with Gasteiger partial charge in [-0.3, -0.25) is 4.79 Å². The van der Waals surface area contributed by atoms with Gasteiger partial charge in [0.15, 0.2) is 0 Å². The Labute approximate surface area is 204 Å². The molecule has 0 heterocycles. The molecule has 0 saturated heterocycles. The van der Waals surface area contributed by atoms with Crippen molar-refractivity contribution in [2.24, 2.45) is 17.6 Å². The van der Waals surface area contributed by atoms with Gasteiger partial charge in [0, 0.05) is 31.3 Å². The van der Waals surface area contributed by atoms with Gasteiger partial charge in [0.05, 0.1) is 5.91 Å². The van der Waals surface area contributed by atoms with Gasteiger partial charge < -0.3 is 64.1 Å². The van der Waals surface area contributed by atoms with E-state index in [0.29, 0.717) is 19.4 Å². The number of hydrogen-bond donors (Lipinski definition) is 3. The predicted molar refractivity (Wildman–Crippen MR) is 115 cm³/mol. The van der Waals surface area contributed by atoms with Gasteiger partial charge in [-0.15, -0.1) is 0 Å². The number of nitrogens with one attached hydrogen (secondary N) is 2. The summed E-state index contributed by atoms with van der Waals surface area (Å²) in [6.45, 7) is 1.52. The third-order valence-corrected chi connectivity index (χ3v) is 4.32. The Kier molecular flexibility index (Phi) is 21.4. The standard InChI is InChI=1S/C18H34N6O5S.O.Tc/c1-12(3-4-25)5-13(6-19)7-23-18(29)14(11-30)24-17(28)10-22-16(27)9-21-15(26)8-20-2;;/h4,12-14,20H,3,5-11,19H2,1-2H3,(H5,21,22,23,24,26,27,28,29,30);;/q;;+4/p-4. The number of likely N-dealkylation sites (N-methyl/N-ethyl adjacent to an activating group) is 1. The van der Waals surface area contributed by atoms with E-state index in [-0.39, 0.29) is 30.7 Å². The van der Waals surface area contributed by atoms with Crippen molar-refractivity contribution in [1.82, 2.24) is 10.6 Å². The summed E-state index contributed by atoms with van der Waals surface area (Å²) in [6.07, 6.45) is 1.94. The van der Waals surface area contributed by atoms with Crippen LogP contribution in [-0.4, -0.2) is 81.5 Å². The van der Waals surface area contributed by atoms with Crippen LogP contribution in [0.1, 0.15) is 19.8 Å². The molecule has 0 aliphatic rings. The van der Waals surface area contributed by atoms with Crippen LogP contribution in [0.5, 0.6) is 0 Å². The number of carbonyl (C=O) groups excluding carboxylic acids is 5. The summed E-state index contributed by atoms with van der Waals surface area (Å²) in [5, 5.41) is 15.9. The predicted octanol–water partition coefficient (Wildman–Crippen LogP) is -0.993. The third kappa shape index (κ3) is 16.9. The van der Waals surface area contributed by atoms with Crippen LogP contribution < -0.4 is 16.4 Å². The fourth-order valence-corrected chi connectivity index (χ4v) is 2.64. The summed E-state index contributed by atoms with van der Waals surface area (Å²) in [5.41, 5.74) is 5.71. The van der Waals surface area contributed by atoms with Gasteiger partial charge in [0.1, 0.15) is 6.29 Å². The monoisotopic (exact) mass is 555 g/mol. The van der Waals surface area contributed by atoms with Crippen molar-refractivity contribution in [1.29, 1.82) is 0 Å². The molecular formula is C18H30N6O6STc.